The number of rotatable bonds is 13. The van der Waals surface area contributed by atoms with Crippen molar-refractivity contribution in [3.05, 3.63) is 101 Å². The molecule has 0 unspecified atom stereocenters. The summed E-state index contributed by atoms with van der Waals surface area (Å²) in [4.78, 5) is 9.67. The summed E-state index contributed by atoms with van der Waals surface area (Å²) in [6.07, 6.45) is 8.36. The van der Waals surface area contributed by atoms with E-state index in [9.17, 15) is 5.11 Å². The van der Waals surface area contributed by atoms with Crippen LogP contribution in [0.25, 0.3) is 17.2 Å². The molecule has 3 aromatic rings. The SMILES string of the molecule is CCC(O)(/C=C/c1ccc(C(CC)(CC)c2ccc(-c3ccc(CCOOC)cc3)cc2)cc1C)CC. The topological polar surface area (TPSA) is 38.7 Å². The van der Waals surface area contributed by atoms with Gasteiger partial charge in [-0.15, -0.1) is 0 Å². The third-order valence-electron chi connectivity index (χ3n) is 8.14. The van der Waals surface area contributed by atoms with Gasteiger partial charge in [0, 0.05) is 5.41 Å². The monoisotopic (exact) mass is 500 g/mol. The van der Waals surface area contributed by atoms with Gasteiger partial charge in [0.15, 0.2) is 0 Å². The lowest BCUT2D eigenvalue weighted by atomic mass is 9.70. The molecule has 0 bridgehead atoms. The van der Waals surface area contributed by atoms with Crippen molar-refractivity contribution < 1.29 is 14.9 Å². The number of hydrogen-bond acceptors (Lipinski definition) is 3. The van der Waals surface area contributed by atoms with E-state index < -0.39 is 5.60 Å². The first-order valence-electron chi connectivity index (χ1n) is 13.7. The molecular formula is C34H44O3. The quantitative estimate of drug-likeness (QED) is 0.145. The highest BCUT2D eigenvalue weighted by atomic mass is 17.2. The molecular weight excluding hydrogens is 456 g/mol. The fraction of sp³-hybridized carbons (Fsp3) is 0.412. The van der Waals surface area contributed by atoms with Gasteiger partial charge in [-0.2, -0.15) is 0 Å². The lowest BCUT2D eigenvalue weighted by Crippen LogP contribution is -2.26. The van der Waals surface area contributed by atoms with Gasteiger partial charge in [0.2, 0.25) is 0 Å². The average Bonchev–Trinajstić information content (AvgIpc) is 2.94. The maximum atomic E-state index is 10.7. The number of aryl methyl sites for hydroxylation is 1. The molecule has 198 valence electrons. The Balaban J connectivity index is 1.86. The minimum atomic E-state index is -0.734. The van der Waals surface area contributed by atoms with E-state index >= 15 is 0 Å². The number of aliphatic hydroxyl groups is 1. The highest BCUT2D eigenvalue weighted by molar-refractivity contribution is 5.65. The zero-order chi connectivity index (χ0) is 26.9. The second-order valence-corrected chi connectivity index (χ2v) is 10.0. The van der Waals surface area contributed by atoms with E-state index in [1.54, 1.807) is 0 Å². The smallest absolute Gasteiger partial charge is 0.0862 e. The third kappa shape index (κ3) is 6.78. The lowest BCUT2D eigenvalue weighted by molar-refractivity contribution is -0.271. The summed E-state index contributed by atoms with van der Waals surface area (Å²) in [6.45, 7) is 11.4. The van der Waals surface area contributed by atoms with E-state index in [-0.39, 0.29) is 5.41 Å². The summed E-state index contributed by atoms with van der Waals surface area (Å²) in [5.74, 6) is 0. The molecule has 1 N–H and O–H groups in total. The van der Waals surface area contributed by atoms with Crippen molar-refractivity contribution in [1.29, 1.82) is 0 Å². The first kappa shape index (κ1) is 28.8. The molecule has 0 saturated carbocycles. The van der Waals surface area contributed by atoms with Crippen LogP contribution in [-0.2, 0) is 21.6 Å². The lowest BCUT2D eigenvalue weighted by Gasteiger charge is -2.34. The van der Waals surface area contributed by atoms with E-state index in [1.165, 1.54) is 40.5 Å². The van der Waals surface area contributed by atoms with Crippen molar-refractivity contribution in [3.8, 4) is 11.1 Å². The van der Waals surface area contributed by atoms with Crippen LogP contribution in [0.15, 0.2) is 72.8 Å². The van der Waals surface area contributed by atoms with Crippen molar-refractivity contribution in [1.82, 2.24) is 0 Å². The van der Waals surface area contributed by atoms with Gasteiger partial charge in [0.05, 0.1) is 19.3 Å². The fourth-order valence-corrected chi connectivity index (χ4v) is 5.21. The summed E-state index contributed by atoms with van der Waals surface area (Å²) in [6, 6.07) is 24.6. The Labute approximate surface area is 224 Å². The maximum absolute atomic E-state index is 10.7. The predicted molar refractivity (Wildman–Crippen MR) is 156 cm³/mol. The zero-order valence-electron chi connectivity index (χ0n) is 23.5. The van der Waals surface area contributed by atoms with Gasteiger partial charge >= 0.3 is 0 Å². The van der Waals surface area contributed by atoms with Gasteiger partial charge in [0.1, 0.15) is 0 Å². The summed E-state index contributed by atoms with van der Waals surface area (Å²) < 4.78 is 0. The summed E-state index contributed by atoms with van der Waals surface area (Å²) in [5.41, 5.74) is 8.00. The normalized spacial score (nSPS) is 12.4. The predicted octanol–water partition coefficient (Wildman–Crippen LogP) is 8.45. The minimum Gasteiger partial charge on any atom is -0.386 e. The first-order valence-corrected chi connectivity index (χ1v) is 13.7. The van der Waals surface area contributed by atoms with Crippen LogP contribution in [0.1, 0.15) is 81.2 Å². The molecule has 0 aliphatic carbocycles. The molecule has 0 amide bonds. The molecule has 37 heavy (non-hydrogen) atoms. The summed E-state index contributed by atoms with van der Waals surface area (Å²) in [5, 5.41) is 10.7. The second-order valence-electron chi connectivity index (χ2n) is 10.0. The Hall–Kier alpha value is -2.72. The third-order valence-corrected chi connectivity index (χ3v) is 8.14. The van der Waals surface area contributed by atoms with Crippen molar-refractivity contribution in [2.24, 2.45) is 0 Å². The van der Waals surface area contributed by atoms with Gasteiger partial charge in [-0.1, -0.05) is 107 Å². The number of benzene rings is 3. The van der Waals surface area contributed by atoms with Crippen molar-refractivity contribution in [2.45, 2.75) is 77.7 Å². The van der Waals surface area contributed by atoms with Crippen molar-refractivity contribution in [2.75, 3.05) is 13.7 Å². The van der Waals surface area contributed by atoms with E-state index in [0.717, 1.165) is 37.7 Å². The molecule has 0 aromatic heterocycles. The zero-order valence-corrected chi connectivity index (χ0v) is 23.5. The van der Waals surface area contributed by atoms with Crippen LogP contribution in [0.2, 0.25) is 0 Å². The van der Waals surface area contributed by atoms with Gasteiger partial charge in [-0.3, -0.25) is 0 Å². The average molecular weight is 501 g/mol. The molecule has 0 radical (unpaired) electrons. The first-order chi connectivity index (χ1) is 17.8. The second kappa shape index (κ2) is 13.2. The molecule has 0 saturated heterocycles. The maximum Gasteiger partial charge on any atom is 0.0862 e. The van der Waals surface area contributed by atoms with E-state index in [0.29, 0.717) is 6.61 Å². The van der Waals surface area contributed by atoms with Crippen LogP contribution in [0.4, 0.5) is 0 Å². The van der Waals surface area contributed by atoms with Crippen LogP contribution in [0, 0.1) is 6.92 Å². The van der Waals surface area contributed by atoms with Crippen LogP contribution in [0.5, 0.6) is 0 Å². The molecule has 0 aliphatic rings. The van der Waals surface area contributed by atoms with Gasteiger partial charge in [-0.25, -0.2) is 9.78 Å². The number of hydrogen-bond donors (Lipinski definition) is 1. The minimum absolute atomic E-state index is 0.0374. The molecule has 0 atom stereocenters. The Bertz CT molecular complexity index is 1130. The Morgan fingerprint density at radius 1 is 0.757 bits per heavy atom. The molecule has 3 nitrogen and oxygen atoms in total. The van der Waals surface area contributed by atoms with Crippen LogP contribution >= 0.6 is 0 Å². The van der Waals surface area contributed by atoms with Crippen molar-refractivity contribution >= 4 is 6.08 Å². The fourth-order valence-electron chi connectivity index (χ4n) is 5.21. The molecule has 0 fully saturated rings. The van der Waals surface area contributed by atoms with E-state index in [1.807, 2.05) is 19.9 Å². The largest absolute Gasteiger partial charge is 0.386 e. The molecule has 0 aliphatic heterocycles. The van der Waals surface area contributed by atoms with Gasteiger partial charge in [-0.05, 0) is 78.0 Å². The van der Waals surface area contributed by atoms with Gasteiger partial charge in [0.25, 0.3) is 0 Å². The standard InChI is InChI=1S/C34H44O3/c1-7-33(35,8-2)23-21-28-15-20-32(25-26(28)5)34(9-3,10-4)31-18-16-30(17-19-31)29-13-11-27(12-14-29)22-24-37-36-6/h11-21,23,25,35H,7-10,22,24H2,1-6H3/b23-21+. The van der Waals surface area contributed by atoms with E-state index in [2.05, 4.69) is 98.5 Å². The summed E-state index contributed by atoms with van der Waals surface area (Å²) in [7, 11) is 1.54. The highest BCUT2D eigenvalue weighted by Crippen LogP contribution is 2.40. The Kier molecular flexibility index (Phi) is 10.3. The molecule has 3 aromatic carbocycles. The van der Waals surface area contributed by atoms with Crippen LogP contribution < -0.4 is 0 Å². The van der Waals surface area contributed by atoms with E-state index in [4.69, 9.17) is 4.89 Å². The molecule has 3 heteroatoms. The molecule has 0 heterocycles. The van der Waals surface area contributed by atoms with Crippen LogP contribution in [0.3, 0.4) is 0 Å². The summed E-state index contributed by atoms with van der Waals surface area (Å²) >= 11 is 0. The molecule has 0 spiro atoms. The highest BCUT2D eigenvalue weighted by Gasteiger charge is 2.31. The molecule has 3 rings (SSSR count). The Morgan fingerprint density at radius 2 is 1.32 bits per heavy atom. The Morgan fingerprint density at radius 3 is 1.84 bits per heavy atom. The van der Waals surface area contributed by atoms with Crippen molar-refractivity contribution in [3.63, 3.8) is 0 Å². The van der Waals surface area contributed by atoms with Gasteiger partial charge < -0.3 is 5.11 Å². The van der Waals surface area contributed by atoms with Crippen LogP contribution in [-0.4, -0.2) is 24.4 Å².